The lowest BCUT2D eigenvalue weighted by molar-refractivity contribution is 0.243. The van der Waals surface area contributed by atoms with Crippen molar-refractivity contribution in [3.05, 3.63) is 91.0 Å². The molecule has 3 heterocycles. The van der Waals surface area contributed by atoms with Crippen LogP contribution in [0.5, 0.6) is 0 Å². The summed E-state index contributed by atoms with van der Waals surface area (Å²) in [6.45, 7) is 4.32. The average Bonchev–Trinajstić information content (AvgIpc) is 2.90. The Hall–Kier alpha value is -4.10. The Kier molecular flexibility index (Phi) is 5.45. The van der Waals surface area contributed by atoms with Crippen molar-refractivity contribution in [1.29, 1.82) is 0 Å². The summed E-state index contributed by atoms with van der Waals surface area (Å²) < 4.78 is 0. The number of aromatic nitrogens is 4. The second-order valence-electron chi connectivity index (χ2n) is 8.50. The highest BCUT2D eigenvalue weighted by Gasteiger charge is 2.20. The van der Waals surface area contributed by atoms with Crippen LogP contribution in [0.4, 0.5) is 17.5 Å². The Morgan fingerprint density at radius 3 is 2.35 bits per heavy atom. The molecule has 0 bridgehead atoms. The molecule has 1 fully saturated rings. The predicted octanol–water partition coefficient (Wildman–Crippen LogP) is 4.64. The van der Waals surface area contributed by atoms with Crippen molar-refractivity contribution in [2.75, 3.05) is 36.4 Å². The monoisotopic (exact) mass is 447 g/mol. The molecule has 7 nitrogen and oxygen atoms in total. The molecule has 2 aromatic heterocycles. The zero-order chi connectivity index (χ0) is 22.7. The first-order valence-electron chi connectivity index (χ1n) is 11.6. The molecular formula is C27H25N7. The third-order valence-corrected chi connectivity index (χ3v) is 6.23. The van der Waals surface area contributed by atoms with Gasteiger partial charge in [0.2, 0.25) is 5.95 Å². The van der Waals surface area contributed by atoms with E-state index in [4.69, 9.17) is 9.97 Å². The zero-order valence-electron chi connectivity index (χ0n) is 18.8. The highest BCUT2D eigenvalue weighted by atomic mass is 15.3. The van der Waals surface area contributed by atoms with Gasteiger partial charge in [-0.1, -0.05) is 42.5 Å². The second-order valence-corrected chi connectivity index (χ2v) is 8.50. The molecule has 0 amide bonds. The lowest BCUT2D eigenvalue weighted by Crippen LogP contribution is -2.46. The van der Waals surface area contributed by atoms with Crippen molar-refractivity contribution in [2.24, 2.45) is 0 Å². The predicted molar refractivity (Wildman–Crippen MR) is 136 cm³/mol. The minimum atomic E-state index is 0.709. The molecule has 1 saturated heterocycles. The quantitative estimate of drug-likeness (QED) is 0.421. The summed E-state index contributed by atoms with van der Waals surface area (Å²) in [6.07, 6.45) is 3.59. The number of benzene rings is 3. The van der Waals surface area contributed by atoms with E-state index in [2.05, 4.69) is 79.7 Å². The van der Waals surface area contributed by atoms with Crippen molar-refractivity contribution in [3.8, 4) is 0 Å². The number of anilines is 3. The van der Waals surface area contributed by atoms with Gasteiger partial charge in [0.1, 0.15) is 11.6 Å². The van der Waals surface area contributed by atoms with Crippen LogP contribution in [0.1, 0.15) is 5.82 Å². The van der Waals surface area contributed by atoms with Gasteiger partial charge >= 0.3 is 0 Å². The number of rotatable bonds is 5. The highest BCUT2D eigenvalue weighted by molar-refractivity contribution is 5.92. The van der Waals surface area contributed by atoms with Crippen molar-refractivity contribution >= 4 is 39.1 Å². The van der Waals surface area contributed by atoms with Gasteiger partial charge in [-0.25, -0.2) is 19.9 Å². The van der Waals surface area contributed by atoms with Gasteiger partial charge in [-0.3, -0.25) is 4.90 Å². The van der Waals surface area contributed by atoms with E-state index < -0.39 is 0 Å². The number of nitrogens with zero attached hydrogens (tertiary/aromatic N) is 6. The molecule has 1 aliphatic heterocycles. The number of para-hydroxylation sites is 1. The highest BCUT2D eigenvalue weighted by Crippen LogP contribution is 2.26. The molecule has 1 N–H and O–H groups in total. The molecule has 6 rings (SSSR count). The number of hydrogen-bond acceptors (Lipinski definition) is 7. The Labute approximate surface area is 198 Å². The van der Waals surface area contributed by atoms with E-state index in [9.17, 15) is 0 Å². The van der Waals surface area contributed by atoms with Gasteiger partial charge in [0.15, 0.2) is 0 Å². The van der Waals surface area contributed by atoms with Crippen LogP contribution < -0.4 is 10.2 Å². The number of hydrogen-bond donors (Lipinski definition) is 1. The summed E-state index contributed by atoms with van der Waals surface area (Å²) in [6, 6.07) is 24.8. The number of nitrogens with one attached hydrogen (secondary N) is 1. The van der Waals surface area contributed by atoms with Gasteiger partial charge in [0.25, 0.3) is 0 Å². The first kappa shape index (κ1) is 20.5. The normalized spacial score (nSPS) is 14.5. The molecule has 0 atom stereocenters. The fourth-order valence-corrected chi connectivity index (χ4v) is 4.45. The van der Waals surface area contributed by atoms with Crippen LogP contribution in [0.15, 0.2) is 85.2 Å². The second kappa shape index (κ2) is 9.03. The van der Waals surface area contributed by atoms with Crippen LogP contribution in [0.3, 0.4) is 0 Å². The molecule has 1 aliphatic rings. The molecular weight excluding hydrogens is 422 g/mol. The van der Waals surface area contributed by atoms with Crippen LogP contribution in [0.2, 0.25) is 0 Å². The van der Waals surface area contributed by atoms with E-state index in [1.54, 1.807) is 12.4 Å². The minimum Gasteiger partial charge on any atom is -0.340 e. The number of fused-ring (bicyclic) bond motifs is 2. The van der Waals surface area contributed by atoms with Crippen molar-refractivity contribution in [1.82, 2.24) is 24.8 Å². The zero-order valence-corrected chi connectivity index (χ0v) is 18.8. The molecule has 0 aliphatic carbocycles. The first-order valence-corrected chi connectivity index (χ1v) is 11.6. The Balaban J connectivity index is 1.23. The van der Waals surface area contributed by atoms with E-state index >= 15 is 0 Å². The summed E-state index contributed by atoms with van der Waals surface area (Å²) in [5, 5.41) is 6.99. The standard InChI is InChI=1S/C27H25N7/c1-2-7-21-18-22(11-10-20(21)6-1)30-26-23-8-3-4-9-24(23)31-25(32-26)19-33-14-16-34(17-15-33)27-28-12-5-13-29-27/h1-13,18H,14-17,19H2,(H,30,31,32). The molecule has 34 heavy (non-hydrogen) atoms. The number of piperazine rings is 1. The van der Waals surface area contributed by atoms with E-state index in [0.717, 1.165) is 60.4 Å². The molecule has 0 saturated carbocycles. The van der Waals surface area contributed by atoms with Crippen LogP contribution >= 0.6 is 0 Å². The Bertz CT molecular complexity index is 1430. The van der Waals surface area contributed by atoms with Crippen LogP contribution in [0.25, 0.3) is 21.7 Å². The van der Waals surface area contributed by atoms with Crippen molar-refractivity contribution in [3.63, 3.8) is 0 Å². The van der Waals surface area contributed by atoms with Gasteiger partial charge in [0.05, 0.1) is 12.1 Å². The van der Waals surface area contributed by atoms with E-state index in [-0.39, 0.29) is 0 Å². The minimum absolute atomic E-state index is 0.709. The summed E-state index contributed by atoms with van der Waals surface area (Å²) in [5.41, 5.74) is 1.97. The Morgan fingerprint density at radius 2 is 1.50 bits per heavy atom. The van der Waals surface area contributed by atoms with Gasteiger partial charge < -0.3 is 10.2 Å². The molecule has 0 radical (unpaired) electrons. The molecule has 3 aromatic carbocycles. The largest absolute Gasteiger partial charge is 0.340 e. The van der Waals surface area contributed by atoms with Crippen LogP contribution in [0, 0.1) is 0 Å². The van der Waals surface area contributed by atoms with Crippen molar-refractivity contribution < 1.29 is 0 Å². The molecule has 168 valence electrons. The maximum absolute atomic E-state index is 4.95. The van der Waals surface area contributed by atoms with Crippen LogP contribution in [-0.2, 0) is 6.54 Å². The molecule has 7 heteroatoms. The maximum atomic E-state index is 4.95. The maximum Gasteiger partial charge on any atom is 0.225 e. The fourth-order valence-electron chi connectivity index (χ4n) is 4.45. The summed E-state index contributed by atoms with van der Waals surface area (Å²) in [5.74, 6) is 2.46. The smallest absolute Gasteiger partial charge is 0.225 e. The van der Waals surface area contributed by atoms with E-state index in [1.807, 2.05) is 18.2 Å². The van der Waals surface area contributed by atoms with E-state index in [0.29, 0.717) is 6.54 Å². The third-order valence-electron chi connectivity index (χ3n) is 6.23. The van der Waals surface area contributed by atoms with Crippen LogP contribution in [-0.4, -0.2) is 51.0 Å². The Morgan fingerprint density at radius 1 is 0.735 bits per heavy atom. The van der Waals surface area contributed by atoms with Gasteiger partial charge in [-0.2, -0.15) is 0 Å². The van der Waals surface area contributed by atoms with Crippen molar-refractivity contribution in [2.45, 2.75) is 6.54 Å². The fraction of sp³-hybridized carbons (Fsp3) is 0.185. The topological polar surface area (TPSA) is 70.1 Å². The average molecular weight is 448 g/mol. The summed E-state index contributed by atoms with van der Waals surface area (Å²) in [4.78, 5) is 23.2. The summed E-state index contributed by atoms with van der Waals surface area (Å²) in [7, 11) is 0. The van der Waals surface area contributed by atoms with Gasteiger partial charge in [-0.05, 0) is 41.1 Å². The van der Waals surface area contributed by atoms with Gasteiger partial charge in [-0.15, -0.1) is 0 Å². The summed E-state index contributed by atoms with van der Waals surface area (Å²) >= 11 is 0. The van der Waals surface area contributed by atoms with Gasteiger partial charge in [0, 0.05) is 49.6 Å². The molecule has 5 aromatic rings. The lowest BCUT2D eigenvalue weighted by atomic mass is 10.1. The lowest BCUT2D eigenvalue weighted by Gasteiger charge is -2.34. The molecule has 0 unspecified atom stereocenters. The molecule has 0 spiro atoms. The third kappa shape index (κ3) is 4.25. The first-order chi connectivity index (χ1) is 16.8. The SMILES string of the molecule is c1cnc(N2CCN(Cc3nc(Nc4ccc5ccccc5c4)c4ccccc4n3)CC2)nc1. The van der Waals surface area contributed by atoms with E-state index in [1.165, 1.54) is 10.8 Å².